The maximum absolute atomic E-state index is 13.4. The summed E-state index contributed by atoms with van der Waals surface area (Å²) in [6, 6.07) is 0.677. The molecule has 1 aromatic rings. The molecular weight excluding hydrogens is 272 g/mol. The normalized spacial score (nSPS) is 10.4. The third kappa shape index (κ3) is 2.32. The zero-order chi connectivity index (χ0) is 11.6. The number of Topliss-reactive ketones (excluding diaryl/α,β-unsaturated/α-hetero) is 1. The number of carbonyl (C=O) groups excluding carboxylic acids is 1. The fourth-order valence-corrected chi connectivity index (χ4v) is 1.41. The van der Waals surface area contributed by atoms with E-state index in [4.69, 9.17) is 10.8 Å². The molecule has 0 saturated carbocycles. The summed E-state index contributed by atoms with van der Waals surface area (Å²) in [5.74, 6) is -3.51. The lowest BCUT2D eigenvalue weighted by molar-refractivity contribution is 0.0977. The molecule has 0 spiro atoms. The highest BCUT2D eigenvalue weighted by molar-refractivity contribution is 9.10. The lowest BCUT2D eigenvalue weighted by Gasteiger charge is -2.06. The van der Waals surface area contributed by atoms with Crippen molar-refractivity contribution in [3.8, 4) is 5.75 Å². The lowest BCUT2D eigenvalue weighted by Crippen LogP contribution is -2.12. The molecule has 15 heavy (non-hydrogen) atoms. The summed E-state index contributed by atoms with van der Waals surface area (Å²) in [4.78, 5) is 11.3. The number of carbonyl (C=O) groups is 1. The maximum Gasteiger partial charge on any atom is 0.170 e. The topological polar surface area (TPSA) is 63.3 Å². The second kappa shape index (κ2) is 4.67. The number of hydrogen-bond acceptors (Lipinski definition) is 3. The third-order valence-electron chi connectivity index (χ3n) is 1.79. The van der Waals surface area contributed by atoms with Gasteiger partial charge >= 0.3 is 0 Å². The second-order valence-electron chi connectivity index (χ2n) is 2.84. The summed E-state index contributed by atoms with van der Waals surface area (Å²) < 4.78 is 26.2. The van der Waals surface area contributed by atoms with Crippen molar-refractivity contribution in [2.45, 2.75) is 6.42 Å². The molecule has 0 aliphatic heterocycles. The molecule has 3 nitrogen and oxygen atoms in total. The average molecular weight is 280 g/mol. The van der Waals surface area contributed by atoms with Crippen LogP contribution >= 0.6 is 15.9 Å². The molecule has 3 N–H and O–H groups in total. The van der Waals surface area contributed by atoms with E-state index in [9.17, 15) is 13.6 Å². The molecule has 0 bridgehead atoms. The molecule has 1 aromatic carbocycles. The van der Waals surface area contributed by atoms with E-state index in [-0.39, 0.29) is 17.4 Å². The molecule has 1 rings (SSSR count). The van der Waals surface area contributed by atoms with Crippen LogP contribution in [0.2, 0.25) is 0 Å². The van der Waals surface area contributed by atoms with Gasteiger partial charge in [-0.3, -0.25) is 4.79 Å². The van der Waals surface area contributed by atoms with Gasteiger partial charge in [-0.05, 0) is 22.5 Å². The molecule has 0 saturated heterocycles. The van der Waals surface area contributed by atoms with Crippen molar-refractivity contribution >= 4 is 21.7 Å². The molecule has 0 heterocycles. The van der Waals surface area contributed by atoms with Crippen LogP contribution in [0.3, 0.4) is 0 Å². The summed E-state index contributed by atoms with van der Waals surface area (Å²) in [6.45, 7) is 0.0101. The van der Waals surface area contributed by atoms with Crippen LogP contribution in [0.25, 0.3) is 0 Å². The molecule has 0 aromatic heterocycles. The first-order valence-electron chi connectivity index (χ1n) is 4.08. The van der Waals surface area contributed by atoms with Crippen LogP contribution in [-0.2, 0) is 0 Å². The average Bonchev–Trinajstić information content (AvgIpc) is 2.15. The zero-order valence-corrected chi connectivity index (χ0v) is 9.14. The largest absolute Gasteiger partial charge is 0.507 e. The van der Waals surface area contributed by atoms with Crippen LogP contribution in [0.5, 0.6) is 5.75 Å². The molecule has 0 aliphatic rings. The van der Waals surface area contributed by atoms with E-state index >= 15 is 0 Å². The van der Waals surface area contributed by atoms with E-state index in [0.717, 1.165) is 0 Å². The minimum atomic E-state index is -1.11. The van der Waals surface area contributed by atoms with E-state index in [0.29, 0.717) is 6.07 Å². The molecule has 6 heteroatoms. The van der Waals surface area contributed by atoms with Gasteiger partial charge in [0.15, 0.2) is 11.6 Å². The molecule has 0 atom stereocenters. The van der Waals surface area contributed by atoms with Crippen molar-refractivity contribution in [3.05, 3.63) is 27.7 Å². The SMILES string of the molecule is NCCC(=O)c1c(F)cc(O)c(Br)c1F. The maximum atomic E-state index is 13.4. The number of hydrogen-bond donors (Lipinski definition) is 2. The molecule has 82 valence electrons. The first-order chi connectivity index (χ1) is 6.99. The van der Waals surface area contributed by atoms with Crippen LogP contribution in [0.1, 0.15) is 16.8 Å². The Labute approximate surface area is 93.0 Å². The molecule has 0 amide bonds. The van der Waals surface area contributed by atoms with Crippen LogP contribution < -0.4 is 5.73 Å². The fourth-order valence-electron chi connectivity index (χ4n) is 1.09. The molecule has 0 radical (unpaired) electrons. The summed E-state index contributed by atoms with van der Waals surface area (Å²) in [5, 5.41) is 9.05. The molecule has 0 unspecified atom stereocenters. The minimum absolute atomic E-state index is 0.0101. The number of benzene rings is 1. The van der Waals surface area contributed by atoms with Crippen molar-refractivity contribution in [1.82, 2.24) is 0 Å². The van der Waals surface area contributed by atoms with Gasteiger partial charge in [-0.2, -0.15) is 0 Å². The van der Waals surface area contributed by atoms with Gasteiger partial charge in [0.05, 0.1) is 10.0 Å². The number of rotatable bonds is 3. The standard InChI is InChI=1S/C9H8BrF2NO2/c10-8-6(15)3-4(11)7(9(8)12)5(14)1-2-13/h3,15H,1-2,13H2. The third-order valence-corrected chi connectivity index (χ3v) is 2.54. The van der Waals surface area contributed by atoms with Crippen LogP contribution in [0.15, 0.2) is 10.5 Å². The summed E-state index contributed by atoms with van der Waals surface area (Å²) in [6.07, 6.45) is -0.148. The molecular formula is C9H8BrF2NO2. The lowest BCUT2D eigenvalue weighted by atomic mass is 10.1. The Balaban J connectivity index is 3.29. The number of halogens is 3. The van der Waals surface area contributed by atoms with Gasteiger partial charge in [-0.25, -0.2) is 8.78 Å². The Bertz CT molecular complexity index is 410. The Kier molecular flexibility index (Phi) is 3.76. The van der Waals surface area contributed by atoms with Gasteiger partial charge in [-0.1, -0.05) is 0 Å². The fraction of sp³-hybridized carbons (Fsp3) is 0.222. The van der Waals surface area contributed by atoms with Crippen LogP contribution in [-0.4, -0.2) is 17.4 Å². The summed E-state index contributed by atoms with van der Waals surface area (Å²) in [7, 11) is 0. The number of nitrogens with two attached hydrogens (primary N) is 1. The Hall–Kier alpha value is -1.01. The number of aromatic hydroxyl groups is 1. The van der Waals surface area contributed by atoms with Crippen molar-refractivity contribution in [1.29, 1.82) is 0 Å². The van der Waals surface area contributed by atoms with Gasteiger partial charge in [0, 0.05) is 12.5 Å². The Morgan fingerprint density at radius 1 is 1.53 bits per heavy atom. The van der Waals surface area contributed by atoms with Crippen LogP contribution in [0.4, 0.5) is 8.78 Å². The molecule has 0 aliphatic carbocycles. The van der Waals surface area contributed by atoms with E-state index < -0.39 is 28.7 Å². The first-order valence-corrected chi connectivity index (χ1v) is 4.88. The van der Waals surface area contributed by atoms with Gasteiger partial charge in [0.2, 0.25) is 0 Å². The van der Waals surface area contributed by atoms with Crippen molar-refractivity contribution in [2.75, 3.05) is 6.54 Å². The summed E-state index contributed by atoms with van der Waals surface area (Å²) >= 11 is 2.71. The van der Waals surface area contributed by atoms with Gasteiger partial charge in [0.1, 0.15) is 11.6 Å². The van der Waals surface area contributed by atoms with E-state index in [2.05, 4.69) is 15.9 Å². The van der Waals surface area contributed by atoms with Crippen molar-refractivity contribution in [3.63, 3.8) is 0 Å². The Morgan fingerprint density at radius 3 is 2.67 bits per heavy atom. The van der Waals surface area contributed by atoms with Gasteiger partial charge in [-0.15, -0.1) is 0 Å². The number of phenolic OH excluding ortho intramolecular Hbond substituents is 1. The highest BCUT2D eigenvalue weighted by Crippen LogP contribution is 2.31. The van der Waals surface area contributed by atoms with Crippen molar-refractivity contribution in [2.24, 2.45) is 5.73 Å². The smallest absolute Gasteiger partial charge is 0.170 e. The Morgan fingerprint density at radius 2 is 2.13 bits per heavy atom. The van der Waals surface area contributed by atoms with Crippen LogP contribution in [0, 0.1) is 11.6 Å². The summed E-state index contributed by atoms with van der Waals surface area (Å²) in [5.41, 5.74) is 4.43. The quantitative estimate of drug-likeness (QED) is 0.657. The van der Waals surface area contributed by atoms with E-state index in [1.165, 1.54) is 0 Å². The van der Waals surface area contributed by atoms with Crippen molar-refractivity contribution < 1.29 is 18.7 Å². The van der Waals surface area contributed by atoms with E-state index in [1.54, 1.807) is 0 Å². The number of ketones is 1. The monoisotopic (exact) mass is 279 g/mol. The predicted octanol–water partition coefficient (Wildman–Crippen LogP) is 1.96. The van der Waals surface area contributed by atoms with Gasteiger partial charge < -0.3 is 10.8 Å². The minimum Gasteiger partial charge on any atom is -0.507 e. The molecule has 0 fully saturated rings. The second-order valence-corrected chi connectivity index (χ2v) is 3.64. The highest BCUT2D eigenvalue weighted by Gasteiger charge is 2.21. The first kappa shape index (κ1) is 12.1. The number of phenols is 1. The predicted molar refractivity (Wildman–Crippen MR) is 53.7 cm³/mol. The highest BCUT2D eigenvalue weighted by atomic mass is 79.9. The van der Waals surface area contributed by atoms with Gasteiger partial charge in [0.25, 0.3) is 0 Å². The van der Waals surface area contributed by atoms with E-state index in [1.807, 2.05) is 0 Å². The zero-order valence-electron chi connectivity index (χ0n) is 7.56.